The molecule has 1 aromatic heterocycles. The number of nitrogens with two attached hydrogens (primary N) is 1. The van der Waals surface area contributed by atoms with Crippen molar-refractivity contribution in [1.29, 1.82) is 0 Å². The summed E-state index contributed by atoms with van der Waals surface area (Å²) in [6.07, 6.45) is 1.50. The van der Waals surface area contributed by atoms with Gasteiger partial charge in [0.05, 0.1) is 16.8 Å². The van der Waals surface area contributed by atoms with Crippen LogP contribution in [-0.2, 0) is 0 Å². The van der Waals surface area contributed by atoms with Crippen LogP contribution >= 0.6 is 11.9 Å². The first kappa shape index (κ1) is 19.1. The van der Waals surface area contributed by atoms with E-state index in [0.717, 1.165) is 17.5 Å². The topological polar surface area (TPSA) is 63.8 Å². The molecule has 0 aliphatic carbocycles. The number of nitrogen functional groups attached to an aromatic ring is 1. The Kier molecular flexibility index (Phi) is 5.02. The molecule has 0 bridgehead atoms. The fraction of sp³-hybridized carbons (Fsp3) is 0.0476. The molecule has 0 amide bonds. The largest absolute Gasteiger partial charge is 0.368 e. The number of halogens is 3. The summed E-state index contributed by atoms with van der Waals surface area (Å²) in [7, 11) is 0. The smallest absolute Gasteiger partial charge is 0.220 e. The van der Waals surface area contributed by atoms with Gasteiger partial charge in [-0.1, -0.05) is 12.1 Å². The first-order valence-corrected chi connectivity index (χ1v) is 9.43. The van der Waals surface area contributed by atoms with Crippen molar-refractivity contribution in [3.05, 3.63) is 77.7 Å². The summed E-state index contributed by atoms with van der Waals surface area (Å²) in [4.78, 5) is 8.61. The van der Waals surface area contributed by atoms with Crippen LogP contribution in [-0.4, -0.2) is 9.97 Å². The fourth-order valence-electron chi connectivity index (χ4n) is 2.89. The van der Waals surface area contributed by atoms with E-state index in [0.29, 0.717) is 21.4 Å². The van der Waals surface area contributed by atoms with Gasteiger partial charge in [-0.3, -0.25) is 0 Å². The molecule has 8 heteroatoms. The number of nitrogens with one attached hydrogen (secondary N) is 1. The van der Waals surface area contributed by atoms with Crippen molar-refractivity contribution in [3.8, 4) is 11.1 Å². The van der Waals surface area contributed by atoms with Crippen LogP contribution in [0.25, 0.3) is 22.0 Å². The number of hydrogen-bond acceptors (Lipinski definition) is 5. The van der Waals surface area contributed by atoms with E-state index in [4.69, 9.17) is 5.73 Å². The van der Waals surface area contributed by atoms with Crippen LogP contribution in [0.1, 0.15) is 5.56 Å². The van der Waals surface area contributed by atoms with E-state index in [1.807, 2.05) is 6.92 Å². The molecule has 0 saturated carbocycles. The molecule has 0 spiro atoms. The van der Waals surface area contributed by atoms with Gasteiger partial charge < -0.3 is 10.5 Å². The van der Waals surface area contributed by atoms with Gasteiger partial charge in [-0.15, -0.1) is 0 Å². The van der Waals surface area contributed by atoms with Crippen molar-refractivity contribution in [2.75, 3.05) is 10.5 Å². The molecular formula is C21H15F3N4S. The first-order valence-electron chi connectivity index (χ1n) is 8.62. The number of nitrogens with zero attached hydrogens (tertiary/aromatic N) is 2. The zero-order chi connectivity index (χ0) is 20.5. The van der Waals surface area contributed by atoms with Gasteiger partial charge in [0, 0.05) is 16.5 Å². The van der Waals surface area contributed by atoms with Crippen LogP contribution in [0.15, 0.2) is 59.6 Å². The van der Waals surface area contributed by atoms with Gasteiger partial charge >= 0.3 is 0 Å². The Labute approximate surface area is 169 Å². The van der Waals surface area contributed by atoms with Crippen molar-refractivity contribution in [3.63, 3.8) is 0 Å². The van der Waals surface area contributed by atoms with E-state index in [2.05, 4.69) is 14.7 Å². The van der Waals surface area contributed by atoms with Crippen molar-refractivity contribution in [2.45, 2.75) is 11.8 Å². The monoisotopic (exact) mass is 412 g/mol. The average molecular weight is 412 g/mol. The second-order valence-electron chi connectivity index (χ2n) is 6.40. The number of aromatic nitrogens is 2. The summed E-state index contributed by atoms with van der Waals surface area (Å²) >= 11 is 1.06. The van der Waals surface area contributed by atoms with Gasteiger partial charge in [-0.25, -0.2) is 23.1 Å². The maximum atomic E-state index is 15.1. The second-order valence-corrected chi connectivity index (χ2v) is 7.25. The molecule has 4 aromatic rings. The highest BCUT2D eigenvalue weighted by molar-refractivity contribution is 8.00. The summed E-state index contributed by atoms with van der Waals surface area (Å²) < 4.78 is 45.9. The Hall–Kier alpha value is -3.26. The number of rotatable bonds is 4. The number of anilines is 2. The van der Waals surface area contributed by atoms with Gasteiger partial charge in [0.15, 0.2) is 5.82 Å². The highest BCUT2D eigenvalue weighted by atomic mass is 32.2. The molecule has 3 aromatic carbocycles. The Bertz CT molecular complexity index is 1230. The fourth-order valence-corrected chi connectivity index (χ4v) is 3.67. The lowest BCUT2D eigenvalue weighted by Gasteiger charge is -2.13. The number of fused-ring (bicyclic) bond motifs is 1. The minimum Gasteiger partial charge on any atom is -0.368 e. The average Bonchev–Trinajstić information content (AvgIpc) is 2.70. The van der Waals surface area contributed by atoms with Gasteiger partial charge in [-0.2, -0.15) is 0 Å². The van der Waals surface area contributed by atoms with Gasteiger partial charge in [-0.05, 0) is 66.4 Å². The second kappa shape index (κ2) is 7.63. The van der Waals surface area contributed by atoms with Crippen LogP contribution in [0, 0.1) is 24.4 Å². The van der Waals surface area contributed by atoms with Crippen molar-refractivity contribution in [1.82, 2.24) is 9.97 Å². The lowest BCUT2D eigenvalue weighted by Crippen LogP contribution is -1.98. The Morgan fingerprint density at radius 3 is 2.66 bits per heavy atom. The number of aryl methyl sites for hydroxylation is 1. The maximum absolute atomic E-state index is 15.1. The van der Waals surface area contributed by atoms with E-state index in [9.17, 15) is 8.78 Å². The van der Waals surface area contributed by atoms with E-state index in [1.54, 1.807) is 24.3 Å². The third-order valence-corrected chi connectivity index (χ3v) is 5.38. The third-order valence-electron chi connectivity index (χ3n) is 4.40. The molecule has 0 unspecified atom stereocenters. The van der Waals surface area contributed by atoms with Crippen molar-refractivity contribution < 1.29 is 13.2 Å². The molecule has 0 aliphatic heterocycles. The molecule has 0 aliphatic rings. The molecule has 0 radical (unpaired) electrons. The van der Waals surface area contributed by atoms with Crippen LogP contribution in [0.3, 0.4) is 0 Å². The van der Waals surface area contributed by atoms with Gasteiger partial charge in [0.2, 0.25) is 5.95 Å². The Morgan fingerprint density at radius 2 is 1.83 bits per heavy atom. The van der Waals surface area contributed by atoms with E-state index < -0.39 is 11.6 Å². The standard InChI is InChI=1S/C21H15F3N4S/c1-11-2-4-14(22)9-18(11)29-28-17-7-5-15(23)19(20(17)24)12-3-6-16-13(8-12)10-26-21(25)27-16/h2-10,28H,1H3,(H2,25,26,27). The van der Waals surface area contributed by atoms with E-state index >= 15 is 4.39 Å². The highest BCUT2D eigenvalue weighted by Gasteiger charge is 2.17. The summed E-state index contributed by atoms with van der Waals surface area (Å²) in [5.74, 6) is -1.71. The summed E-state index contributed by atoms with van der Waals surface area (Å²) in [5, 5.41) is 0.610. The molecule has 1 heterocycles. The molecule has 0 fully saturated rings. The Morgan fingerprint density at radius 1 is 1.00 bits per heavy atom. The summed E-state index contributed by atoms with van der Waals surface area (Å²) in [6.45, 7) is 1.82. The maximum Gasteiger partial charge on any atom is 0.220 e. The number of benzene rings is 3. The zero-order valence-corrected chi connectivity index (χ0v) is 16.0. The van der Waals surface area contributed by atoms with Gasteiger partial charge in [0.25, 0.3) is 0 Å². The lowest BCUT2D eigenvalue weighted by atomic mass is 10.0. The molecule has 0 saturated heterocycles. The van der Waals surface area contributed by atoms with Gasteiger partial charge in [0.1, 0.15) is 11.6 Å². The van der Waals surface area contributed by atoms with Crippen LogP contribution in [0.4, 0.5) is 24.8 Å². The Balaban J connectivity index is 1.70. The van der Waals surface area contributed by atoms with Crippen LogP contribution < -0.4 is 10.5 Å². The molecule has 146 valence electrons. The third kappa shape index (κ3) is 3.84. The minimum atomic E-state index is -0.748. The van der Waals surface area contributed by atoms with E-state index in [1.165, 1.54) is 30.5 Å². The van der Waals surface area contributed by atoms with Crippen LogP contribution in [0.5, 0.6) is 0 Å². The first-order chi connectivity index (χ1) is 13.9. The lowest BCUT2D eigenvalue weighted by molar-refractivity contribution is 0.592. The van der Waals surface area contributed by atoms with E-state index in [-0.39, 0.29) is 23.0 Å². The predicted molar refractivity (Wildman–Crippen MR) is 110 cm³/mol. The predicted octanol–water partition coefficient (Wildman–Crippen LogP) is 5.72. The summed E-state index contributed by atoms with van der Waals surface area (Å²) in [5.41, 5.74) is 7.23. The molecule has 4 nitrogen and oxygen atoms in total. The zero-order valence-electron chi connectivity index (χ0n) is 15.2. The molecule has 0 atom stereocenters. The molecule has 3 N–H and O–H groups in total. The molecule has 29 heavy (non-hydrogen) atoms. The normalized spacial score (nSPS) is 11.0. The highest BCUT2D eigenvalue weighted by Crippen LogP contribution is 2.34. The summed E-state index contributed by atoms with van der Waals surface area (Å²) in [6, 6.07) is 11.6. The van der Waals surface area contributed by atoms with Crippen LogP contribution in [0.2, 0.25) is 0 Å². The quantitative estimate of drug-likeness (QED) is 0.420. The minimum absolute atomic E-state index is 0.0868. The molecule has 4 rings (SSSR count). The SMILES string of the molecule is Cc1ccc(F)cc1SNc1ccc(F)c(-c2ccc3nc(N)ncc3c2)c1F. The number of hydrogen-bond donors (Lipinski definition) is 2. The molecular weight excluding hydrogens is 397 g/mol. The van der Waals surface area contributed by atoms with Crippen molar-refractivity contribution in [2.24, 2.45) is 0 Å². The van der Waals surface area contributed by atoms with Crippen molar-refractivity contribution >= 4 is 34.5 Å².